The first-order valence-electron chi connectivity index (χ1n) is 6.37. The van der Waals surface area contributed by atoms with Gasteiger partial charge in [-0.1, -0.05) is 13.8 Å². The van der Waals surface area contributed by atoms with E-state index in [0.717, 1.165) is 12.5 Å². The molecule has 2 aromatic rings. The van der Waals surface area contributed by atoms with Gasteiger partial charge >= 0.3 is 6.18 Å². The molecule has 1 N–H and O–H groups in total. The average molecular weight is 287 g/mol. The molecule has 0 aliphatic heterocycles. The predicted octanol–water partition coefficient (Wildman–Crippen LogP) is 2.99. The molecule has 0 fully saturated rings. The molecule has 0 amide bonds. The van der Waals surface area contributed by atoms with Crippen molar-refractivity contribution >= 4 is 11.2 Å². The molecule has 2 aromatic heterocycles. The fourth-order valence-electron chi connectivity index (χ4n) is 1.97. The largest absolute Gasteiger partial charge is 0.433 e. The highest BCUT2D eigenvalue weighted by Crippen LogP contribution is 2.29. The van der Waals surface area contributed by atoms with Crippen molar-refractivity contribution in [1.82, 2.24) is 14.5 Å². The first-order valence-corrected chi connectivity index (χ1v) is 6.37. The summed E-state index contributed by atoms with van der Waals surface area (Å²) in [5, 5.41) is 9.28. The van der Waals surface area contributed by atoms with Gasteiger partial charge in [0.05, 0.1) is 5.52 Å². The number of aryl methyl sites for hydroxylation is 1. The first-order chi connectivity index (χ1) is 9.32. The summed E-state index contributed by atoms with van der Waals surface area (Å²) >= 11 is 0. The second-order valence-corrected chi connectivity index (χ2v) is 5.06. The summed E-state index contributed by atoms with van der Waals surface area (Å²) in [6.45, 7) is 4.38. The molecule has 0 aromatic carbocycles. The lowest BCUT2D eigenvalue weighted by atomic mass is 10.1. The van der Waals surface area contributed by atoms with Crippen LogP contribution in [0.15, 0.2) is 12.1 Å². The third kappa shape index (κ3) is 2.92. The SMILES string of the molecule is CC(C)CCn1c(CO)nc2nc(C(F)(F)F)ccc21. The van der Waals surface area contributed by atoms with Gasteiger partial charge in [-0.15, -0.1) is 0 Å². The van der Waals surface area contributed by atoms with Gasteiger partial charge in [-0.3, -0.25) is 0 Å². The lowest BCUT2D eigenvalue weighted by molar-refractivity contribution is -0.141. The van der Waals surface area contributed by atoms with E-state index in [0.29, 0.717) is 23.8 Å². The van der Waals surface area contributed by atoms with Crippen LogP contribution >= 0.6 is 0 Å². The molecule has 0 atom stereocenters. The highest BCUT2D eigenvalue weighted by Gasteiger charge is 2.33. The van der Waals surface area contributed by atoms with Gasteiger partial charge in [0.25, 0.3) is 0 Å². The molecule has 0 saturated carbocycles. The molecule has 110 valence electrons. The van der Waals surface area contributed by atoms with E-state index < -0.39 is 11.9 Å². The Morgan fingerprint density at radius 2 is 1.95 bits per heavy atom. The highest BCUT2D eigenvalue weighted by atomic mass is 19.4. The van der Waals surface area contributed by atoms with Crippen LogP contribution in [0.5, 0.6) is 0 Å². The van der Waals surface area contributed by atoms with E-state index in [4.69, 9.17) is 0 Å². The van der Waals surface area contributed by atoms with E-state index in [1.807, 2.05) is 0 Å². The van der Waals surface area contributed by atoms with E-state index >= 15 is 0 Å². The highest BCUT2D eigenvalue weighted by molar-refractivity contribution is 5.72. The first kappa shape index (κ1) is 14.8. The quantitative estimate of drug-likeness (QED) is 0.940. The minimum absolute atomic E-state index is 0.0210. The number of halogens is 3. The van der Waals surface area contributed by atoms with Crippen molar-refractivity contribution < 1.29 is 18.3 Å². The Hall–Kier alpha value is -1.63. The Labute approximate surface area is 114 Å². The smallest absolute Gasteiger partial charge is 0.388 e. The Morgan fingerprint density at radius 1 is 1.25 bits per heavy atom. The topological polar surface area (TPSA) is 50.9 Å². The van der Waals surface area contributed by atoms with Crippen LogP contribution in [0.3, 0.4) is 0 Å². The van der Waals surface area contributed by atoms with Crippen LogP contribution in [0.1, 0.15) is 31.8 Å². The van der Waals surface area contributed by atoms with Crippen molar-refractivity contribution in [2.24, 2.45) is 5.92 Å². The number of nitrogens with zero attached hydrogens (tertiary/aromatic N) is 3. The zero-order valence-electron chi connectivity index (χ0n) is 11.3. The number of rotatable bonds is 4. The van der Waals surface area contributed by atoms with Crippen LogP contribution in [0.2, 0.25) is 0 Å². The van der Waals surface area contributed by atoms with Gasteiger partial charge in [0.2, 0.25) is 0 Å². The van der Waals surface area contributed by atoms with Crippen molar-refractivity contribution in [2.75, 3.05) is 0 Å². The Balaban J connectivity index is 2.46. The molecule has 0 unspecified atom stereocenters. The molecule has 0 saturated heterocycles. The molecule has 2 rings (SSSR count). The number of aromatic nitrogens is 3. The molecule has 0 aliphatic carbocycles. The number of alkyl halides is 3. The van der Waals surface area contributed by atoms with Gasteiger partial charge in [0, 0.05) is 6.54 Å². The molecular weight excluding hydrogens is 271 g/mol. The number of pyridine rings is 1. The standard InChI is InChI=1S/C13H16F3N3O/c1-8(2)5-6-19-9-3-4-10(13(14,15)16)17-12(9)18-11(19)7-20/h3-4,8,20H,5-7H2,1-2H3. The summed E-state index contributed by atoms with van der Waals surface area (Å²) in [6.07, 6.45) is -3.64. The van der Waals surface area contributed by atoms with Crippen molar-refractivity contribution in [1.29, 1.82) is 0 Å². The van der Waals surface area contributed by atoms with E-state index in [2.05, 4.69) is 23.8 Å². The average Bonchev–Trinajstić information content (AvgIpc) is 2.71. The molecule has 0 radical (unpaired) electrons. The molecule has 0 spiro atoms. The predicted molar refractivity (Wildman–Crippen MR) is 67.9 cm³/mol. The zero-order chi connectivity index (χ0) is 14.9. The monoisotopic (exact) mass is 287 g/mol. The normalized spacial score (nSPS) is 12.6. The van der Waals surface area contributed by atoms with Crippen LogP contribution in [-0.4, -0.2) is 19.6 Å². The van der Waals surface area contributed by atoms with Crippen molar-refractivity contribution in [3.8, 4) is 0 Å². The summed E-state index contributed by atoms with van der Waals surface area (Å²) in [4.78, 5) is 7.52. The molecule has 0 aliphatic rings. The van der Waals surface area contributed by atoms with Crippen LogP contribution in [-0.2, 0) is 19.3 Å². The van der Waals surface area contributed by atoms with Gasteiger partial charge in [0.15, 0.2) is 5.65 Å². The van der Waals surface area contributed by atoms with Crippen molar-refractivity contribution in [3.63, 3.8) is 0 Å². The van der Waals surface area contributed by atoms with Crippen LogP contribution in [0.4, 0.5) is 13.2 Å². The zero-order valence-corrected chi connectivity index (χ0v) is 11.3. The molecule has 2 heterocycles. The maximum absolute atomic E-state index is 12.6. The van der Waals surface area contributed by atoms with E-state index in [1.54, 1.807) is 4.57 Å². The second-order valence-electron chi connectivity index (χ2n) is 5.06. The number of aliphatic hydroxyl groups is 1. The molecule has 4 nitrogen and oxygen atoms in total. The third-order valence-corrected chi connectivity index (χ3v) is 3.05. The Kier molecular flexibility index (Phi) is 3.99. The summed E-state index contributed by atoms with van der Waals surface area (Å²) in [5.74, 6) is 0.786. The van der Waals surface area contributed by atoms with Crippen LogP contribution in [0.25, 0.3) is 11.2 Å². The maximum atomic E-state index is 12.6. The number of hydrogen-bond donors (Lipinski definition) is 1. The lowest BCUT2D eigenvalue weighted by Gasteiger charge is -2.10. The number of imidazole rings is 1. The summed E-state index contributed by atoms with van der Waals surface area (Å²) in [7, 11) is 0. The minimum Gasteiger partial charge on any atom is -0.388 e. The van der Waals surface area contributed by atoms with Crippen molar-refractivity contribution in [2.45, 2.75) is 39.6 Å². The van der Waals surface area contributed by atoms with Crippen LogP contribution in [0, 0.1) is 5.92 Å². The molecular formula is C13H16F3N3O. The summed E-state index contributed by atoms with van der Waals surface area (Å²) in [6, 6.07) is 2.30. The molecule has 0 bridgehead atoms. The number of hydrogen-bond acceptors (Lipinski definition) is 3. The molecule has 20 heavy (non-hydrogen) atoms. The van der Waals surface area contributed by atoms with Gasteiger partial charge in [-0.05, 0) is 24.5 Å². The van der Waals surface area contributed by atoms with Crippen LogP contribution < -0.4 is 0 Å². The fourth-order valence-corrected chi connectivity index (χ4v) is 1.97. The van der Waals surface area contributed by atoms with E-state index in [-0.39, 0.29) is 12.3 Å². The number of fused-ring (bicyclic) bond motifs is 1. The second kappa shape index (κ2) is 5.40. The summed E-state index contributed by atoms with van der Waals surface area (Å²) < 4.78 is 39.6. The van der Waals surface area contributed by atoms with Gasteiger partial charge in [-0.2, -0.15) is 13.2 Å². The Morgan fingerprint density at radius 3 is 2.50 bits per heavy atom. The van der Waals surface area contributed by atoms with Gasteiger partial charge in [-0.25, -0.2) is 9.97 Å². The Bertz CT molecular complexity index is 605. The van der Waals surface area contributed by atoms with Gasteiger partial charge in [0.1, 0.15) is 18.1 Å². The van der Waals surface area contributed by atoms with Crippen molar-refractivity contribution in [3.05, 3.63) is 23.7 Å². The maximum Gasteiger partial charge on any atom is 0.433 e. The summed E-state index contributed by atoms with van der Waals surface area (Å²) in [5.41, 5.74) is -0.432. The fraction of sp³-hybridized carbons (Fsp3) is 0.538. The van der Waals surface area contributed by atoms with Gasteiger partial charge < -0.3 is 9.67 Å². The lowest BCUT2D eigenvalue weighted by Crippen LogP contribution is -2.08. The number of aliphatic hydroxyl groups excluding tert-OH is 1. The minimum atomic E-state index is -4.49. The molecule has 7 heteroatoms. The van der Waals surface area contributed by atoms with E-state index in [1.165, 1.54) is 6.07 Å². The third-order valence-electron chi connectivity index (χ3n) is 3.05. The van der Waals surface area contributed by atoms with E-state index in [9.17, 15) is 18.3 Å².